The summed E-state index contributed by atoms with van der Waals surface area (Å²) in [5.41, 5.74) is 5.21. The van der Waals surface area contributed by atoms with Gasteiger partial charge in [0.05, 0.1) is 5.56 Å². The van der Waals surface area contributed by atoms with E-state index in [-0.39, 0.29) is 5.91 Å². The summed E-state index contributed by atoms with van der Waals surface area (Å²) in [5.74, 6) is 1.12. The predicted molar refractivity (Wildman–Crippen MR) is 181 cm³/mol. The molecule has 0 saturated heterocycles. The highest BCUT2D eigenvalue weighted by Crippen LogP contribution is 2.40. The van der Waals surface area contributed by atoms with E-state index in [9.17, 15) is 4.79 Å². The first kappa shape index (κ1) is 29.9. The maximum atomic E-state index is 13.5. The highest BCUT2D eigenvalue weighted by molar-refractivity contribution is 7.16. The maximum absolute atomic E-state index is 13.5. The second-order valence-electron chi connectivity index (χ2n) is 10.5. The van der Waals surface area contributed by atoms with Crippen LogP contribution in [0.15, 0.2) is 102 Å². The van der Waals surface area contributed by atoms with E-state index in [0.717, 1.165) is 53.6 Å². The molecule has 44 heavy (non-hydrogen) atoms. The number of aryl methyl sites for hydroxylation is 1. The van der Waals surface area contributed by atoms with Crippen molar-refractivity contribution >= 4 is 57.3 Å². The fourth-order valence-corrected chi connectivity index (χ4v) is 6.79. The lowest BCUT2D eigenvalue weighted by Gasteiger charge is -2.13. The zero-order valence-corrected chi connectivity index (χ0v) is 26.2. The summed E-state index contributed by atoms with van der Waals surface area (Å²) in [6.45, 7) is 0.680. The Balaban J connectivity index is 1.29. The Kier molecular flexibility index (Phi) is 9.61. The Bertz CT molecular complexity index is 1800. The maximum Gasteiger partial charge on any atom is 0.259 e. The molecule has 1 heterocycles. The first-order valence-corrected chi connectivity index (χ1v) is 16.0. The van der Waals surface area contributed by atoms with Gasteiger partial charge in [0.2, 0.25) is 0 Å². The average Bonchev–Trinajstić information content (AvgIpc) is 3.41. The third-order valence-corrected chi connectivity index (χ3v) is 8.97. The van der Waals surface area contributed by atoms with Crippen LogP contribution in [-0.2, 0) is 26.1 Å². The van der Waals surface area contributed by atoms with Gasteiger partial charge in [-0.25, -0.2) is 4.99 Å². The number of halogens is 2. The Morgan fingerprint density at radius 2 is 1.52 bits per heavy atom. The molecule has 0 bridgehead atoms. The summed E-state index contributed by atoms with van der Waals surface area (Å²) in [6, 6.07) is 30.3. The van der Waals surface area contributed by atoms with Gasteiger partial charge >= 0.3 is 0 Å². The third kappa shape index (κ3) is 7.51. The molecule has 1 aromatic heterocycles. The van der Waals surface area contributed by atoms with Crippen LogP contribution in [0.4, 0.5) is 10.7 Å². The molecule has 0 spiro atoms. The molecule has 0 unspecified atom stereocenters. The molecule has 5 nitrogen and oxygen atoms in total. The molecular weight excluding hydrogens is 611 g/mol. The standard InChI is InChI=1S/C36H30Cl2N2O3S/c37-27-10-6-8-24(18-27)22-42-30-17-16-26(32(20-30)43-23-25-9-7-11-28(38)19-25)21-39-36-34(31-14-4-5-15-33(31)44-36)35(41)40-29-12-2-1-3-13-29/h1-3,6-13,16-21H,4-5,14-15,22-23H2,(H,40,41). The number of fused-ring (bicyclic) bond motifs is 1. The van der Waals surface area contributed by atoms with Crippen LogP contribution in [0.1, 0.15) is 50.3 Å². The van der Waals surface area contributed by atoms with Crippen molar-refractivity contribution < 1.29 is 14.3 Å². The number of nitrogens with one attached hydrogen (secondary N) is 1. The van der Waals surface area contributed by atoms with E-state index >= 15 is 0 Å². The number of anilines is 1. The number of hydrogen-bond donors (Lipinski definition) is 1. The largest absolute Gasteiger partial charge is 0.489 e. The topological polar surface area (TPSA) is 59.9 Å². The van der Waals surface area contributed by atoms with Crippen molar-refractivity contribution in [2.75, 3.05) is 5.32 Å². The molecule has 0 radical (unpaired) electrons. The number of nitrogens with zero attached hydrogens (tertiary/aromatic N) is 1. The molecule has 0 fully saturated rings. The molecule has 1 N–H and O–H groups in total. The first-order valence-electron chi connectivity index (χ1n) is 14.5. The van der Waals surface area contributed by atoms with Crippen molar-refractivity contribution in [3.8, 4) is 11.5 Å². The lowest BCUT2D eigenvalue weighted by Crippen LogP contribution is -2.14. The fraction of sp³-hybridized carbons (Fsp3) is 0.167. The van der Waals surface area contributed by atoms with E-state index in [1.54, 1.807) is 17.6 Å². The normalized spacial score (nSPS) is 12.6. The van der Waals surface area contributed by atoms with Crippen LogP contribution in [0, 0.1) is 0 Å². The molecule has 0 atom stereocenters. The lowest BCUT2D eigenvalue weighted by atomic mass is 9.95. The van der Waals surface area contributed by atoms with Crippen molar-refractivity contribution in [1.82, 2.24) is 0 Å². The summed E-state index contributed by atoms with van der Waals surface area (Å²) in [6.07, 6.45) is 5.80. The van der Waals surface area contributed by atoms with Crippen LogP contribution in [0.2, 0.25) is 10.0 Å². The van der Waals surface area contributed by atoms with Gasteiger partial charge in [-0.05, 0) is 90.9 Å². The minimum Gasteiger partial charge on any atom is -0.489 e. The van der Waals surface area contributed by atoms with Crippen LogP contribution >= 0.6 is 34.5 Å². The number of thiophene rings is 1. The molecule has 1 aliphatic rings. The van der Waals surface area contributed by atoms with Gasteiger partial charge in [-0.2, -0.15) is 0 Å². The lowest BCUT2D eigenvalue weighted by molar-refractivity contribution is 0.102. The summed E-state index contributed by atoms with van der Waals surface area (Å²) in [4.78, 5) is 19.7. The predicted octanol–water partition coefficient (Wildman–Crippen LogP) is 10.1. The van der Waals surface area contributed by atoms with Gasteiger partial charge in [0.15, 0.2) is 0 Å². The van der Waals surface area contributed by atoms with Crippen molar-refractivity contribution in [2.24, 2.45) is 4.99 Å². The molecule has 0 aliphatic heterocycles. The highest BCUT2D eigenvalue weighted by Gasteiger charge is 2.25. The third-order valence-electron chi connectivity index (χ3n) is 7.30. The molecule has 1 aliphatic carbocycles. The summed E-state index contributed by atoms with van der Waals surface area (Å²) in [7, 11) is 0. The number of hydrogen-bond acceptors (Lipinski definition) is 5. The van der Waals surface area contributed by atoms with Crippen molar-refractivity contribution in [3.63, 3.8) is 0 Å². The quantitative estimate of drug-likeness (QED) is 0.154. The van der Waals surface area contributed by atoms with Gasteiger partial charge in [0, 0.05) is 38.5 Å². The molecule has 222 valence electrons. The van der Waals surface area contributed by atoms with Crippen LogP contribution < -0.4 is 14.8 Å². The zero-order chi connectivity index (χ0) is 30.3. The Morgan fingerprint density at radius 1 is 0.818 bits per heavy atom. The average molecular weight is 642 g/mol. The van der Waals surface area contributed by atoms with Gasteiger partial charge in [0.25, 0.3) is 5.91 Å². The Morgan fingerprint density at radius 3 is 2.25 bits per heavy atom. The Hall–Kier alpha value is -4.10. The molecule has 6 rings (SSSR count). The van der Waals surface area contributed by atoms with E-state index in [2.05, 4.69) is 5.32 Å². The van der Waals surface area contributed by atoms with Crippen LogP contribution in [0.3, 0.4) is 0 Å². The summed E-state index contributed by atoms with van der Waals surface area (Å²) < 4.78 is 12.4. The minimum atomic E-state index is -0.134. The minimum absolute atomic E-state index is 0.134. The molecule has 4 aromatic carbocycles. The second-order valence-corrected chi connectivity index (χ2v) is 12.5. The van der Waals surface area contributed by atoms with Crippen molar-refractivity contribution in [1.29, 1.82) is 0 Å². The monoisotopic (exact) mass is 640 g/mol. The summed E-state index contributed by atoms with van der Waals surface area (Å²) in [5, 5.41) is 5.07. The molecule has 5 aromatic rings. The molecule has 8 heteroatoms. The van der Waals surface area contributed by atoms with Crippen molar-refractivity contribution in [2.45, 2.75) is 38.9 Å². The highest BCUT2D eigenvalue weighted by atomic mass is 35.5. The van der Waals surface area contributed by atoms with E-state index in [0.29, 0.717) is 45.3 Å². The van der Waals surface area contributed by atoms with Gasteiger partial charge in [-0.1, -0.05) is 65.7 Å². The van der Waals surface area contributed by atoms with Crippen molar-refractivity contribution in [3.05, 3.63) is 140 Å². The first-order chi connectivity index (χ1) is 21.5. The molecule has 0 saturated carbocycles. The van der Waals surface area contributed by atoms with Gasteiger partial charge < -0.3 is 14.8 Å². The SMILES string of the molecule is O=C(Nc1ccccc1)c1c(N=Cc2ccc(OCc3cccc(Cl)c3)cc2OCc2cccc(Cl)c2)sc2c1CCCC2. The van der Waals surface area contributed by atoms with Crippen LogP contribution in [0.5, 0.6) is 11.5 Å². The van der Waals surface area contributed by atoms with Crippen LogP contribution in [0.25, 0.3) is 0 Å². The number of aliphatic imine (C=N–C) groups is 1. The van der Waals surface area contributed by atoms with Gasteiger partial charge in [-0.15, -0.1) is 11.3 Å². The second kappa shape index (κ2) is 14.1. The summed E-state index contributed by atoms with van der Waals surface area (Å²) >= 11 is 14.0. The molecular formula is C36H30Cl2N2O3S. The van der Waals surface area contributed by atoms with Gasteiger partial charge in [0.1, 0.15) is 29.7 Å². The number of rotatable bonds is 10. The fourth-order valence-electron chi connectivity index (χ4n) is 5.14. The Labute approximate surface area is 271 Å². The number of amides is 1. The van der Waals surface area contributed by atoms with E-state index in [1.807, 2.05) is 97.1 Å². The van der Waals surface area contributed by atoms with E-state index < -0.39 is 0 Å². The van der Waals surface area contributed by atoms with Crippen LogP contribution in [-0.4, -0.2) is 12.1 Å². The number of ether oxygens (including phenoxy) is 2. The van der Waals surface area contributed by atoms with E-state index in [1.165, 1.54) is 4.88 Å². The smallest absolute Gasteiger partial charge is 0.259 e. The number of benzene rings is 4. The number of carbonyl (C=O) groups is 1. The van der Waals surface area contributed by atoms with Gasteiger partial charge in [-0.3, -0.25) is 4.79 Å². The number of para-hydroxylation sites is 1. The molecule has 1 amide bonds. The van der Waals surface area contributed by atoms with E-state index in [4.69, 9.17) is 37.7 Å². The zero-order valence-electron chi connectivity index (χ0n) is 23.9. The number of carbonyl (C=O) groups excluding carboxylic acids is 1.